The molecule has 0 aliphatic carbocycles. The quantitative estimate of drug-likeness (QED) is 0.725. The van der Waals surface area contributed by atoms with Crippen LogP contribution in [0.1, 0.15) is 27.8 Å². The van der Waals surface area contributed by atoms with Gasteiger partial charge >= 0.3 is 0 Å². The van der Waals surface area contributed by atoms with E-state index in [0.29, 0.717) is 17.3 Å². The highest BCUT2D eigenvalue weighted by Gasteiger charge is 2.23. The maximum absolute atomic E-state index is 13.5. The number of nitrogens with zero attached hydrogens (tertiary/aromatic N) is 2. The number of amides is 1. The number of imidazole rings is 1. The summed E-state index contributed by atoms with van der Waals surface area (Å²) in [5.74, 6) is 0.908. The second kappa shape index (κ2) is 7.90. The lowest BCUT2D eigenvalue weighted by Gasteiger charge is -2.20. The van der Waals surface area contributed by atoms with E-state index in [4.69, 9.17) is 9.47 Å². The topological polar surface area (TPSA) is 65.4 Å². The van der Waals surface area contributed by atoms with Crippen molar-refractivity contribution in [3.63, 3.8) is 0 Å². The molecule has 1 heterocycles. The lowest BCUT2D eigenvalue weighted by atomic mass is 10.0. The van der Waals surface area contributed by atoms with Gasteiger partial charge in [0.25, 0.3) is 5.91 Å². The molecule has 6 nitrogen and oxygen atoms in total. The number of rotatable bonds is 6. The average Bonchev–Trinajstić information content (AvgIpc) is 3.11. The van der Waals surface area contributed by atoms with E-state index in [9.17, 15) is 9.18 Å². The summed E-state index contributed by atoms with van der Waals surface area (Å²) in [5, 5.41) is 2.92. The number of aryl methyl sites for hydroxylation is 1. The average molecular weight is 369 g/mol. The molecule has 2 aromatic carbocycles. The number of halogens is 1. The van der Waals surface area contributed by atoms with E-state index in [0.717, 1.165) is 5.56 Å². The fraction of sp³-hybridized carbons (Fsp3) is 0.200. The third kappa shape index (κ3) is 4.08. The molecule has 1 unspecified atom stereocenters. The molecule has 140 valence electrons. The number of hydrogen-bond donors (Lipinski definition) is 1. The molecule has 0 spiro atoms. The molecule has 0 saturated heterocycles. The van der Waals surface area contributed by atoms with Crippen LogP contribution in [0, 0.1) is 5.82 Å². The van der Waals surface area contributed by atoms with Gasteiger partial charge in [-0.3, -0.25) is 4.79 Å². The molecule has 0 radical (unpaired) electrons. The lowest BCUT2D eigenvalue weighted by molar-refractivity contribution is 0.0940. The Labute approximate surface area is 156 Å². The van der Waals surface area contributed by atoms with E-state index >= 15 is 0 Å². The van der Waals surface area contributed by atoms with Gasteiger partial charge in [-0.15, -0.1) is 0 Å². The lowest BCUT2D eigenvalue weighted by Crippen LogP contribution is -2.31. The van der Waals surface area contributed by atoms with Crippen molar-refractivity contribution in [3.05, 3.63) is 77.6 Å². The number of nitrogens with one attached hydrogen (secondary N) is 1. The fourth-order valence-corrected chi connectivity index (χ4v) is 2.79. The van der Waals surface area contributed by atoms with Gasteiger partial charge in [-0.1, -0.05) is 6.07 Å². The van der Waals surface area contributed by atoms with Gasteiger partial charge in [0.15, 0.2) is 0 Å². The Hall–Kier alpha value is -3.35. The molecule has 7 heteroatoms. The third-order valence-corrected chi connectivity index (χ3v) is 4.19. The summed E-state index contributed by atoms with van der Waals surface area (Å²) < 4.78 is 26.0. The van der Waals surface area contributed by atoms with Gasteiger partial charge in [-0.05, 0) is 35.9 Å². The van der Waals surface area contributed by atoms with Gasteiger partial charge in [0.2, 0.25) is 0 Å². The fourth-order valence-electron chi connectivity index (χ4n) is 2.79. The molecule has 0 aliphatic rings. The standard InChI is InChI=1S/C20H20FN3O3/c1-24-8-7-22-19(24)18(14-10-16(26-2)12-17(11-14)27-3)23-20(25)13-5-4-6-15(21)9-13/h4-12,18H,1-3H3,(H,23,25). The summed E-state index contributed by atoms with van der Waals surface area (Å²) in [7, 11) is 4.94. The van der Waals surface area contributed by atoms with Crippen LogP contribution < -0.4 is 14.8 Å². The Morgan fingerprint density at radius 2 is 1.85 bits per heavy atom. The highest BCUT2D eigenvalue weighted by atomic mass is 19.1. The van der Waals surface area contributed by atoms with Crippen molar-refractivity contribution in [3.8, 4) is 11.5 Å². The van der Waals surface area contributed by atoms with Crippen molar-refractivity contribution in [2.45, 2.75) is 6.04 Å². The number of carbonyl (C=O) groups excluding carboxylic acids is 1. The summed E-state index contributed by atoms with van der Waals surface area (Å²) in [6.07, 6.45) is 3.43. The maximum Gasteiger partial charge on any atom is 0.252 e. The molecule has 1 N–H and O–H groups in total. The molecule has 27 heavy (non-hydrogen) atoms. The zero-order chi connectivity index (χ0) is 19.4. The Bertz CT molecular complexity index is 933. The van der Waals surface area contributed by atoms with Gasteiger partial charge in [-0.25, -0.2) is 9.37 Å². The molecular formula is C20H20FN3O3. The van der Waals surface area contributed by atoms with E-state index in [1.165, 1.54) is 18.2 Å². The van der Waals surface area contributed by atoms with Gasteiger partial charge < -0.3 is 19.4 Å². The maximum atomic E-state index is 13.5. The number of ether oxygens (including phenoxy) is 2. The summed E-state index contributed by atoms with van der Waals surface area (Å²) in [6.45, 7) is 0. The van der Waals surface area contributed by atoms with Crippen LogP contribution in [0.25, 0.3) is 0 Å². The number of benzene rings is 2. The Kier molecular flexibility index (Phi) is 5.40. The molecule has 3 rings (SSSR count). The molecule has 0 saturated carbocycles. The first-order chi connectivity index (χ1) is 13.0. The summed E-state index contributed by atoms with van der Waals surface area (Å²) in [4.78, 5) is 17.1. The van der Waals surface area contributed by atoms with Crippen molar-refractivity contribution in [2.24, 2.45) is 7.05 Å². The number of aromatic nitrogens is 2. The Balaban J connectivity index is 2.02. The van der Waals surface area contributed by atoms with E-state index < -0.39 is 17.8 Å². The molecule has 1 atom stereocenters. The number of carbonyl (C=O) groups is 1. The van der Waals surface area contributed by atoms with E-state index in [1.807, 2.05) is 11.6 Å². The van der Waals surface area contributed by atoms with Gasteiger partial charge in [0.1, 0.15) is 29.2 Å². The van der Waals surface area contributed by atoms with Crippen molar-refractivity contribution in [1.29, 1.82) is 0 Å². The minimum atomic E-state index is -0.579. The summed E-state index contributed by atoms with van der Waals surface area (Å²) >= 11 is 0. The summed E-state index contributed by atoms with van der Waals surface area (Å²) in [5.41, 5.74) is 0.953. The monoisotopic (exact) mass is 369 g/mol. The van der Waals surface area contributed by atoms with Crippen LogP contribution in [0.3, 0.4) is 0 Å². The molecule has 3 aromatic rings. The van der Waals surface area contributed by atoms with Crippen molar-refractivity contribution < 1.29 is 18.7 Å². The van der Waals surface area contributed by atoms with Crippen LogP contribution >= 0.6 is 0 Å². The van der Waals surface area contributed by atoms with Gasteiger partial charge in [0, 0.05) is 31.1 Å². The van der Waals surface area contributed by atoms with Gasteiger partial charge in [0.05, 0.1) is 14.2 Å². The predicted molar refractivity (Wildman–Crippen MR) is 98.5 cm³/mol. The number of hydrogen-bond acceptors (Lipinski definition) is 4. The van der Waals surface area contributed by atoms with Crippen molar-refractivity contribution in [1.82, 2.24) is 14.9 Å². The number of methoxy groups -OCH3 is 2. The zero-order valence-corrected chi connectivity index (χ0v) is 15.3. The SMILES string of the molecule is COc1cc(OC)cc(C(NC(=O)c2cccc(F)c2)c2nccn2C)c1. The zero-order valence-electron chi connectivity index (χ0n) is 15.3. The first-order valence-corrected chi connectivity index (χ1v) is 8.28. The van der Waals surface area contributed by atoms with Crippen molar-refractivity contribution >= 4 is 5.91 Å². The van der Waals surface area contributed by atoms with E-state index in [2.05, 4.69) is 10.3 Å². The van der Waals surface area contributed by atoms with E-state index in [-0.39, 0.29) is 5.56 Å². The van der Waals surface area contributed by atoms with Crippen LogP contribution in [0.5, 0.6) is 11.5 Å². The Morgan fingerprint density at radius 3 is 2.41 bits per heavy atom. The molecular weight excluding hydrogens is 349 g/mol. The Morgan fingerprint density at radius 1 is 1.15 bits per heavy atom. The predicted octanol–water partition coefficient (Wildman–Crippen LogP) is 3.10. The minimum absolute atomic E-state index is 0.226. The molecule has 0 aliphatic heterocycles. The largest absolute Gasteiger partial charge is 0.497 e. The van der Waals surface area contributed by atoms with Gasteiger partial charge in [-0.2, -0.15) is 0 Å². The van der Waals surface area contributed by atoms with Crippen LogP contribution in [-0.4, -0.2) is 29.7 Å². The van der Waals surface area contributed by atoms with E-state index in [1.54, 1.807) is 50.9 Å². The molecule has 0 bridgehead atoms. The van der Waals surface area contributed by atoms with Crippen LogP contribution in [0.15, 0.2) is 54.9 Å². The first-order valence-electron chi connectivity index (χ1n) is 8.28. The normalized spacial score (nSPS) is 11.7. The molecule has 0 fully saturated rings. The molecule has 1 amide bonds. The highest BCUT2D eigenvalue weighted by Crippen LogP contribution is 2.29. The first kappa shape index (κ1) is 18.4. The highest BCUT2D eigenvalue weighted by molar-refractivity contribution is 5.94. The third-order valence-electron chi connectivity index (χ3n) is 4.19. The van der Waals surface area contributed by atoms with Crippen LogP contribution in [0.2, 0.25) is 0 Å². The minimum Gasteiger partial charge on any atom is -0.497 e. The summed E-state index contributed by atoms with van der Waals surface area (Å²) in [6, 6.07) is 10.3. The smallest absolute Gasteiger partial charge is 0.252 e. The van der Waals surface area contributed by atoms with Crippen molar-refractivity contribution in [2.75, 3.05) is 14.2 Å². The second-order valence-corrected chi connectivity index (χ2v) is 5.96. The molecule has 1 aromatic heterocycles. The second-order valence-electron chi connectivity index (χ2n) is 5.96. The van der Waals surface area contributed by atoms with Crippen LogP contribution in [0.4, 0.5) is 4.39 Å². The van der Waals surface area contributed by atoms with Crippen LogP contribution in [-0.2, 0) is 7.05 Å².